The van der Waals surface area contributed by atoms with E-state index in [9.17, 15) is 5.11 Å². The molecule has 52 valence electrons. The van der Waals surface area contributed by atoms with Crippen LogP contribution in [0.5, 0.6) is 0 Å². The van der Waals surface area contributed by atoms with Crippen molar-refractivity contribution in [2.75, 3.05) is 0 Å². The molecule has 0 aromatic heterocycles. The molecule has 0 aromatic rings. The van der Waals surface area contributed by atoms with Crippen LogP contribution in [0.2, 0.25) is 0 Å². The zero-order valence-electron chi connectivity index (χ0n) is 5.52. The number of hydrogen-bond acceptors (Lipinski definition) is 4. The van der Waals surface area contributed by atoms with Crippen LogP contribution in [-0.4, -0.2) is 10.7 Å². The second kappa shape index (κ2) is 1.89. The number of rotatable bonds is 1. The third kappa shape index (κ3) is 1.34. The second-order valence-corrected chi connectivity index (χ2v) is 2.51. The van der Waals surface area contributed by atoms with Gasteiger partial charge in [0.15, 0.2) is 0 Å². The lowest BCUT2D eigenvalue weighted by Gasteiger charge is -2.17. The molecule has 4 nitrogen and oxygen atoms in total. The topological polar surface area (TPSA) is 56.3 Å². The summed E-state index contributed by atoms with van der Waals surface area (Å²) in [6.45, 7) is 3.42. The van der Waals surface area contributed by atoms with Crippen molar-refractivity contribution in [2.24, 2.45) is 0 Å². The first kappa shape index (κ1) is 6.38. The van der Waals surface area contributed by atoms with Gasteiger partial charge in [0, 0.05) is 6.20 Å². The highest BCUT2D eigenvalue weighted by Crippen LogP contribution is 2.11. The molecule has 0 bridgehead atoms. The Morgan fingerprint density at radius 3 is 2.44 bits per heavy atom. The smallest absolute Gasteiger partial charge is 0.101 e. The standard InChI is InChI=1S/C5H11N3O/c1-5(2,9)4-3-6-8-7-4/h3,6-9H,1-2H3. The van der Waals surface area contributed by atoms with E-state index < -0.39 is 5.60 Å². The Bertz CT molecular complexity index is 136. The molecule has 0 atom stereocenters. The van der Waals surface area contributed by atoms with Gasteiger partial charge in [-0.2, -0.15) is 5.53 Å². The molecule has 0 aromatic carbocycles. The lowest BCUT2D eigenvalue weighted by molar-refractivity contribution is 0.112. The van der Waals surface area contributed by atoms with E-state index in [0.717, 1.165) is 5.70 Å². The van der Waals surface area contributed by atoms with Gasteiger partial charge >= 0.3 is 0 Å². The maximum absolute atomic E-state index is 9.31. The fourth-order valence-electron chi connectivity index (χ4n) is 0.577. The summed E-state index contributed by atoms with van der Waals surface area (Å²) in [5.41, 5.74) is 8.01. The molecular formula is C5H11N3O. The van der Waals surface area contributed by atoms with E-state index in [1.54, 1.807) is 20.0 Å². The summed E-state index contributed by atoms with van der Waals surface area (Å²) in [7, 11) is 0. The lowest BCUT2D eigenvalue weighted by Crippen LogP contribution is -2.37. The zero-order valence-corrected chi connectivity index (χ0v) is 5.52. The summed E-state index contributed by atoms with van der Waals surface area (Å²) in [4.78, 5) is 0. The number of nitrogens with one attached hydrogen (secondary N) is 3. The minimum atomic E-state index is -0.795. The van der Waals surface area contributed by atoms with Gasteiger partial charge < -0.3 is 16.0 Å². The molecular weight excluding hydrogens is 118 g/mol. The molecule has 4 N–H and O–H groups in total. The van der Waals surface area contributed by atoms with Gasteiger partial charge in [0.2, 0.25) is 0 Å². The van der Waals surface area contributed by atoms with Crippen molar-refractivity contribution in [1.29, 1.82) is 0 Å². The minimum absolute atomic E-state index is 0.738. The van der Waals surface area contributed by atoms with Crippen molar-refractivity contribution in [3.63, 3.8) is 0 Å². The summed E-state index contributed by atoms with van der Waals surface area (Å²) in [6.07, 6.45) is 1.68. The van der Waals surface area contributed by atoms with E-state index in [1.807, 2.05) is 0 Å². The molecule has 1 aliphatic rings. The molecule has 0 unspecified atom stereocenters. The fourth-order valence-corrected chi connectivity index (χ4v) is 0.577. The van der Waals surface area contributed by atoms with Crippen LogP contribution < -0.4 is 16.4 Å². The first-order valence-electron chi connectivity index (χ1n) is 2.80. The van der Waals surface area contributed by atoms with Crippen molar-refractivity contribution in [1.82, 2.24) is 16.4 Å². The monoisotopic (exact) mass is 129 g/mol. The maximum Gasteiger partial charge on any atom is 0.101 e. The highest BCUT2D eigenvalue weighted by atomic mass is 16.3. The van der Waals surface area contributed by atoms with Gasteiger partial charge in [-0.3, -0.25) is 0 Å². The van der Waals surface area contributed by atoms with Gasteiger partial charge in [0.05, 0.1) is 5.70 Å². The minimum Gasteiger partial charge on any atom is -0.384 e. The van der Waals surface area contributed by atoms with E-state index in [1.165, 1.54) is 0 Å². The van der Waals surface area contributed by atoms with E-state index in [-0.39, 0.29) is 0 Å². The highest BCUT2D eigenvalue weighted by Gasteiger charge is 2.20. The molecule has 0 spiro atoms. The molecule has 0 saturated carbocycles. The molecule has 1 heterocycles. The van der Waals surface area contributed by atoms with Crippen LogP contribution in [0.4, 0.5) is 0 Å². The zero-order chi connectivity index (χ0) is 6.91. The molecule has 0 aliphatic carbocycles. The highest BCUT2D eigenvalue weighted by molar-refractivity contribution is 5.11. The van der Waals surface area contributed by atoms with Gasteiger partial charge in [-0.15, -0.1) is 0 Å². The van der Waals surface area contributed by atoms with E-state index >= 15 is 0 Å². The Labute approximate surface area is 53.9 Å². The van der Waals surface area contributed by atoms with E-state index in [2.05, 4.69) is 16.4 Å². The number of hydrazine groups is 2. The Balaban J connectivity index is 2.61. The predicted molar refractivity (Wildman–Crippen MR) is 33.8 cm³/mol. The van der Waals surface area contributed by atoms with Gasteiger partial charge in [-0.25, -0.2) is 0 Å². The van der Waals surface area contributed by atoms with Crippen molar-refractivity contribution >= 4 is 0 Å². The quantitative estimate of drug-likeness (QED) is 0.375. The summed E-state index contributed by atoms with van der Waals surface area (Å²) in [6, 6.07) is 0. The first-order chi connectivity index (χ1) is 4.11. The SMILES string of the molecule is CC(C)(O)C1=CNNN1. The average molecular weight is 129 g/mol. The third-order valence-electron chi connectivity index (χ3n) is 1.14. The Hall–Kier alpha value is -0.740. The molecule has 0 saturated heterocycles. The molecule has 1 aliphatic heterocycles. The summed E-state index contributed by atoms with van der Waals surface area (Å²) in [5, 5.41) is 9.31. The summed E-state index contributed by atoms with van der Waals surface area (Å²) in [5.74, 6) is 0. The van der Waals surface area contributed by atoms with Crippen LogP contribution in [0.25, 0.3) is 0 Å². The molecule has 0 fully saturated rings. The third-order valence-corrected chi connectivity index (χ3v) is 1.14. The fraction of sp³-hybridized carbons (Fsp3) is 0.600. The van der Waals surface area contributed by atoms with Crippen molar-refractivity contribution < 1.29 is 5.11 Å². The van der Waals surface area contributed by atoms with Gasteiger partial charge in [-0.05, 0) is 13.8 Å². The van der Waals surface area contributed by atoms with Gasteiger partial charge in [-0.1, -0.05) is 0 Å². The predicted octanol–water partition coefficient (Wildman–Crippen LogP) is -0.789. The van der Waals surface area contributed by atoms with Crippen LogP contribution in [0.15, 0.2) is 11.9 Å². The number of aliphatic hydroxyl groups is 1. The molecule has 1 rings (SSSR count). The van der Waals surface area contributed by atoms with Crippen LogP contribution in [0.1, 0.15) is 13.8 Å². The van der Waals surface area contributed by atoms with Crippen molar-refractivity contribution in [2.45, 2.75) is 19.4 Å². The molecule has 0 amide bonds. The Kier molecular flexibility index (Phi) is 1.34. The van der Waals surface area contributed by atoms with E-state index in [4.69, 9.17) is 0 Å². The summed E-state index contributed by atoms with van der Waals surface area (Å²) >= 11 is 0. The normalized spacial score (nSPS) is 18.3. The molecule has 4 heteroatoms. The molecule has 0 radical (unpaired) electrons. The number of hydrogen-bond donors (Lipinski definition) is 4. The largest absolute Gasteiger partial charge is 0.384 e. The second-order valence-electron chi connectivity index (χ2n) is 2.51. The maximum atomic E-state index is 9.31. The molecule has 9 heavy (non-hydrogen) atoms. The summed E-state index contributed by atoms with van der Waals surface area (Å²) < 4.78 is 0. The van der Waals surface area contributed by atoms with Gasteiger partial charge in [0.25, 0.3) is 0 Å². The van der Waals surface area contributed by atoms with Crippen LogP contribution in [0.3, 0.4) is 0 Å². The lowest BCUT2D eigenvalue weighted by atomic mass is 10.1. The Morgan fingerprint density at radius 2 is 2.22 bits per heavy atom. The average Bonchev–Trinajstić information content (AvgIpc) is 2.08. The van der Waals surface area contributed by atoms with Crippen molar-refractivity contribution in [3.8, 4) is 0 Å². The van der Waals surface area contributed by atoms with Crippen LogP contribution in [-0.2, 0) is 0 Å². The Morgan fingerprint density at radius 1 is 1.56 bits per heavy atom. The van der Waals surface area contributed by atoms with Crippen LogP contribution in [0, 0.1) is 0 Å². The first-order valence-corrected chi connectivity index (χ1v) is 2.80. The van der Waals surface area contributed by atoms with Crippen molar-refractivity contribution in [3.05, 3.63) is 11.9 Å². The van der Waals surface area contributed by atoms with Crippen LogP contribution >= 0.6 is 0 Å². The van der Waals surface area contributed by atoms with Gasteiger partial charge in [0.1, 0.15) is 5.60 Å². The van der Waals surface area contributed by atoms with E-state index in [0.29, 0.717) is 0 Å².